The number of rotatable bonds is 5. The number of hydrogen-bond acceptors (Lipinski definition) is 1. The maximum absolute atomic E-state index is 9.41. The Morgan fingerprint density at radius 2 is 2.00 bits per heavy atom. The predicted octanol–water partition coefficient (Wildman–Crippen LogP) is 3.09. The van der Waals surface area contributed by atoms with E-state index in [2.05, 4.69) is 31.2 Å². The Morgan fingerprint density at radius 3 is 2.64 bits per heavy atom. The molecule has 78 valence electrons. The molecule has 1 N–H and O–H groups in total. The van der Waals surface area contributed by atoms with Gasteiger partial charge in [-0.1, -0.05) is 31.2 Å². The van der Waals surface area contributed by atoms with Gasteiger partial charge in [-0.2, -0.15) is 0 Å². The second kappa shape index (κ2) is 5.82. The van der Waals surface area contributed by atoms with Crippen LogP contribution in [0.2, 0.25) is 0 Å². The highest BCUT2D eigenvalue weighted by molar-refractivity contribution is 5.25. The third-order valence-corrected chi connectivity index (χ3v) is 2.72. The molecule has 0 saturated heterocycles. The molecule has 0 spiro atoms. The molecule has 0 fully saturated rings. The Balaban J connectivity index is 2.35. The first kappa shape index (κ1) is 11.3. The minimum Gasteiger partial charge on any atom is -0.393 e. The van der Waals surface area contributed by atoms with Gasteiger partial charge in [0.2, 0.25) is 0 Å². The molecule has 0 aliphatic rings. The van der Waals surface area contributed by atoms with E-state index in [1.165, 1.54) is 11.1 Å². The second-order valence-corrected chi connectivity index (χ2v) is 3.88. The van der Waals surface area contributed by atoms with Crippen LogP contribution in [-0.4, -0.2) is 11.2 Å². The van der Waals surface area contributed by atoms with E-state index in [4.69, 9.17) is 0 Å². The lowest BCUT2D eigenvalue weighted by atomic mass is 10.0. The molecule has 0 aliphatic carbocycles. The molecule has 1 rings (SSSR count). The second-order valence-electron chi connectivity index (χ2n) is 3.88. The summed E-state index contributed by atoms with van der Waals surface area (Å²) in [5.41, 5.74) is 2.77. The summed E-state index contributed by atoms with van der Waals surface area (Å²) in [6.07, 6.45) is 3.85. The average molecular weight is 192 g/mol. The fourth-order valence-corrected chi connectivity index (χ4v) is 1.62. The summed E-state index contributed by atoms with van der Waals surface area (Å²) in [5, 5.41) is 9.41. The summed E-state index contributed by atoms with van der Waals surface area (Å²) >= 11 is 0. The van der Waals surface area contributed by atoms with Gasteiger partial charge in [-0.3, -0.25) is 0 Å². The van der Waals surface area contributed by atoms with E-state index in [-0.39, 0.29) is 6.10 Å². The van der Waals surface area contributed by atoms with Crippen molar-refractivity contribution in [3.05, 3.63) is 35.4 Å². The van der Waals surface area contributed by atoms with Crippen LogP contribution in [0.15, 0.2) is 24.3 Å². The van der Waals surface area contributed by atoms with Crippen molar-refractivity contribution in [1.82, 2.24) is 0 Å². The molecule has 0 heterocycles. The number of aryl methyl sites for hydroxylation is 2. The lowest BCUT2D eigenvalue weighted by Crippen LogP contribution is -2.04. The highest BCUT2D eigenvalue weighted by atomic mass is 16.3. The molecule has 0 bridgehead atoms. The number of benzene rings is 1. The van der Waals surface area contributed by atoms with Gasteiger partial charge in [-0.15, -0.1) is 0 Å². The van der Waals surface area contributed by atoms with E-state index in [0.29, 0.717) is 0 Å². The summed E-state index contributed by atoms with van der Waals surface area (Å²) in [7, 11) is 0. The zero-order valence-corrected chi connectivity index (χ0v) is 9.16. The van der Waals surface area contributed by atoms with Crippen LogP contribution in [0.4, 0.5) is 0 Å². The molecule has 1 unspecified atom stereocenters. The van der Waals surface area contributed by atoms with Crippen LogP contribution < -0.4 is 0 Å². The summed E-state index contributed by atoms with van der Waals surface area (Å²) < 4.78 is 0. The molecule has 1 atom stereocenters. The summed E-state index contributed by atoms with van der Waals surface area (Å²) in [5.74, 6) is 0. The van der Waals surface area contributed by atoms with Gasteiger partial charge in [0.05, 0.1) is 6.10 Å². The molecular formula is C13H20O. The van der Waals surface area contributed by atoms with Gasteiger partial charge in [0.25, 0.3) is 0 Å². The Labute approximate surface area is 86.8 Å². The molecule has 0 saturated carbocycles. The van der Waals surface area contributed by atoms with Crippen molar-refractivity contribution in [1.29, 1.82) is 0 Å². The largest absolute Gasteiger partial charge is 0.393 e. The Morgan fingerprint density at radius 1 is 1.29 bits per heavy atom. The van der Waals surface area contributed by atoms with E-state index in [1.807, 2.05) is 6.92 Å². The lowest BCUT2D eigenvalue weighted by molar-refractivity contribution is 0.157. The zero-order chi connectivity index (χ0) is 10.4. The smallest absolute Gasteiger partial charge is 0.0537 e. The van der Waals surface area contributed by atoms with Crippen LogP contribution in [0.1, 0.15) is 37.3 Å². The van der Waals surface area contributed by atoms with Crippen molar-refractivity contribution in [3.8, 4) is 0 Å². The van der Waals surface area contributed by atoms with Gasteiger partial charge in [0.15, 0.2) is 0 Å². The van der Waals surface area contributed by atoms with Crippen LogP contribution in [-0.2, 0) is 6.42 Å². The van der Waals surface area contributed by atoms with E-state index >= 15 is 0 Å². The molecule has 0 aromatic heterocycles. The van der Waals surface area contributed by atoms with Gasteiger partial charge in [0, 0.05) is 0 Å². The van der Waals surface area contributed by atoms with Crippen molar-refractivity contribution in [2.24, 2.45) is 0 Å². The molecule has 0 aliphatic heterocycles. The predicted molar refractivity (Wildman–Crippen MR) is 60.4 cm³/mol. The Hall–Kier alpha value is -0.820. The molecule has 1 aromatic carbocycles. The van der Waals surface area contributed by atoms with Gasteiger partial charge in [-0.25, -0.2) is 0 Å². The maximum Gasteiger partial charge on any atom is 0.0537 e. The van der Waals surface area contributed by atoms with Crippen molar-refractivity contribution in [3.63, 3.8) is 0 Å². The van der Waals surface area contributed by atoms with Crippen LogP contribution >= 0.6 is 0 Å². The molecule has 14 heavy (non-hydrogen) atoms. The number of aliphatic hydroxyl groups is 1. The highest BCUT2D eigenvalue weighted by Crippen LogP contribution is 2.12. The summed E-state index contributed by atoms with van der Waals surface area (Å²) in [4.78, 5) is 0. The van der Waals surface area contributed by atoms with Gasteiger partial charge in [-0.05, 0) is 43.7 Å². The molecule has 0 amide bonds. The van der Waals surface area contributed by atoms with E-state index in [9.17, 15) is 5.11 Å². The number of aliphatic hydroxyl groups excluding tert-OH is 1. The Kier molecular flexibility index (Phi) is 4.68. The lowest BCUT2D eigenvalue weighted by Gasteiger charge is -2.08. The SMILES string of the molecule is CCC(O)CCCc1ccccc1C. The first-order chi connectivity index (χ1) is 6.74. The average Bonchev–Trinajstić information content (AvgIpc) is 2.20. The molecule has 1 heteroatoms. The summed E-state index contributed by atoms with van der Waals surface area (Å²) in [6.45, 7) is 4.17. The Bertz CT molecular complexity index is 268. The van der Waals surface area contributed by atoms with Crippen molar-refractivity contribution < 1.29 is 5.11 Å². The first-order valence-corrected chi connectivity index (χ1v) is 5.46. The third-order valence-electron chi connectivity index (χ3n) is 2.72. The third kappa shape index (κ3) is 3.51. The minimum absolute atomic E-state index is 0.112. The van der Waals surface area contributed by atoms with E-state index in [0.717, 1.165) is 25.7 Å². The standard InChI is InChI=1S/C13H20O/c1-3-13(14)10-6-9-12-8-5-4-7-11(12)2/h4-5,7-8,13-14H,3,6,9-10H2,1-2H3. The first-order valence-electron chi connectivity index (χ1n) is 5.46. The fourth-order valence-electron chi connectivity index (χ4n) is 1.62. The van der Waals surface area contributed by atoms with Gasteiger partial charge in [0.1, 0.15) is 0 Å². The maximum atomic E-state index is 9.41. The monoisotopic (exact) mass is 192 g/mol. The van der Waals surface area contributed by atoms with E-state index in [1.54, 1.807) is 0 Å². The van der Waals surface area contributed by atoms with Gasteiger partial charge >= 0.3 is 0 Å². The van der Waals surface area contributed by atoms with Gasteiger partial charge < -0.3 is 5.11 Å². The molecule has 1 aromatic rings. The van der Waals surface area contributed by atoms with Crippen LogP contribution in [0.3, 0.4) is 0 Å². The minimum atomic E-state index is -0.112. The fraction of sp³-hybridized carbons (Fsp3) is 0.538. The summed E-state index contributed by atoms with van der Waals surface area (Å²) in [6, 6.07) is 8.47. The van der Waals surface area contributed by atoms with Crippen molar-refractivity contribution in [2.45, 2.75) is 45.6 Å². The molecular weight excluding hydrogens is 172 g/mol. The highest BCUT2D eigenvalue weighted by Gasteiger charge is 2.01. The van der Waals surface area contributed by atoms with Crippen molar-refractivity contribution in [2.75, 3.05) is 0 Å². The van der Waals surface area contributed by atoms with E-state index < -0.39 is 0 Å². The van der Waals surface area contributed by atoms with Crippen LogP contribution in [0, 0.1) is 6.92 Å². The number of hydrogen-bond donors (Lipinski definition) is 1. The topological polar surface area (TPSA) is 20.2 Å². The molecule has 0 radical (unpaired) electrons. The normalized spacial score (nSPS) is 12.8. The zero-order valence-electron chi connectivity index (χ0n) is 9.16. The van der Waals surface area contributed by atoms with Crippen molar-refractivity contribution >= 4 is 0 Å². The quantitative estimate of drug-likeness (QED) is 0.760. The molecule has 1 nitrogen and oxygen atoms in total. The van der Waals surface area contributed by atoms with Crippen LogP contribution in [0.25, 0.3) is 0 Å². The van der Waals surface area contributed by atoms with Crippen LogP contribution in [0.5, 0.6) is 0 Å².